The molecule has 0 heterocycles. The van der Waals surface area contributed by atoms with Crippen molar-refractivity contribution >= 4 is 28.9 Å². The Bertz CT molecular complexity index is 720. The summed E-state index contributed by atoms with van der Waals surface area (Å²) in [5.74, 6) is -0.0334. The summed E-state index contributed by atoms with van der Waals surface area (Å²) in [6.45, 7) is 1.18. The number of hydrogen-bond acceptors (Lipinski definition) is 4. The highest BCUT2D eigenvalue weighted by molar-refractivity contribution is 6.30. The van der Waals surface area contributed by atoms with Crippen LogP contribution in [-0.4, -0.2) is 23.9 Å². The largest absolute Gasteiger partial charge is 0.379 e. The molecule has 0 aliphatic rings. The maximum absolute atomic E-state index is 11.8. The minimum Gasteiger partial charge on any atom is -0.379 e. The van der Waals surface area contributed by atoms with Crippen molar-refractivity contribution in [3.05, 3.63) is 69.2 Å². The second-order valence-electron chi connectivity index (χ2n) is 5.56. The van der Waals surface area contributed by atoms with Gasteiger partial charge in [0, 0.05) is 24.2 Å². The zero-order valence-corrected chi connectivity index (χ0v) is 14.5. The molecule has 0 spiro atoms. The van der Waals surface area contributed by atoms with Crippen molar-refractivity contribution in [2.75, 3.05) is 18.4 Å². The average molecular weight is 362 g/mol. The highest BCUT2D eigenvalue weighted by Crippen LogP contribution is 2.22. The second-order valence-corrected chi connectivity index (χ2v) is 6.00. The quantitative estimate of drug-likeness (QED) is 0.404. The third-order valence-electron chi connectivity index (χ3n) is 3.62. The van der Waals surface area contributed by atoms with Crippen LogP contribution in [0.25, 0.3) is 0 Å². The van der Waals surface area contributed by atoms with E-state index in [1.54, 1.807) is 30.3 Å². The second kappa shape index (κ2) is 9.64. The third kappa shape index (κ3) is 6.43. The van der Waals surface area contributed by atoms with Crippen molar-refractivity contribution in [3.8, 4) is 0 Å². The number of benzene rings is 2. The molecule has 2 aromatic carbocycles. The van der Waals surface area contributed by atoms with Crippen molar-refractivity contribution in [2.24, 2.45) is 0 Å². The number of carbonyl (C=O) groups excluding carboxylic acids is 1. The van der Waals surface area contributed by atoms with Gasteiger partial charge in [0.1, 0.15) is 5.69 Å². The monoisotopic (exact) mass is 361 g/mol. The third-order valence-corrected chi connectivity index (χ3v) is 3.87. The van der Waals surface area contributed by atoms with Gasteiger partial charge in [0.05, 0.1) is 11.3 Å². The number of nitro groups is 1. The Morgan fingerprint density at radius 2 is 1.72 bits per heavy atom. The molecular formula is C18H20ClN3O3. The standard InChI is InChI=1S/C18H20ClN3O3/c19-15-9-7-14(8-10-15)13-18(23)21-12-4-3-11-20-16-5-1-2-6-17(16)22(24)25/h1-2,5-10,20H,3-4,11-13H2,(H,21,23). The Morgan fingerprint density at radius 3 is 2.44 bits per heavy atom. The van der Waals surface area contributed by atoms with Gasteiger partial charge in [0.2, 0.25) is 5.91 Å². The lowest BCUT2D eigenvalue weighted by molar-refractivity contribution is -0.384. The van der Waals surface area contributed by atoms with E-state index in [-0.39, 0.29) is 11.6 Å². The fraction of sp³-hybridized carbons (Fsp3) is 0.278. The molecule has 0 fully saturated rings. The predicted octanol–water partition coefficient (Wildman–Crippen LogP) is 3.80. The van der Waals surface area contributed by atoms with E-state index in [0.29, 0.717) is 30.2 Å². The maximum atomic E-state index is 11.8. The topological polar surface area (TPSA) is 84.3 Å². The van der Waals surface area contributed by atoms with Crippen molar-refractivity contribution in [2.45, 2.75) is 19.3 Å². The zero-order valence-electron chi connectivity index (χ0n) is 13.7. The number of hydrogen-bond donors (Lipinski definition) is 2. The van der Waals surface area contributed by atoms with E-state index in [1.165, 1.54) is 6.07 Å². The summed E-state index contributed by atoms with van der Waals surface area (Å²) in [5, 5.41) is 17.5. The molecule has 0 aliphatic heterocycles. The van der Waals surface area contributed by atoms with Crippen LogP contribution in [0.2, 0.25) is 5.02 Å². The van der Waals surface area contributed by atoms with Gasteiger partial charge in [0.25, 0.3) is 5.69 Å². The first-order valence-electron chi connectivity index (χ1n) is 8.04. The molecule has 0 saturated carbocycles. The summed E-state index contributed by atoms with van der Waals surface area (Å²) < 4.78 is 0. The summed E-state index contributed by atoms with van der Waals surface area (Å²) in [4.78, 5) is 22.3. The number of para-hydroxylation sites is 2. The van der Waals surface area contributed by atoms with E-state index in [0.717, 1.165) is 18.4 Å². The van der Waals surface area contributed by atoms with E-state index in [9.17, 15) is 14.9 Å². The number of unbranched alkanes of at least 4 members (excludes halogenated alkanes) is 1. The molecule has 0 bridgehead atoms. The number of amides is 1. The van der Waals surface area contributed by atoms with Gasteiger partial charge in [-0.15, -0.1) is 0 Å². The summed E-state index contributed by atoms with van der Waals surface area (Å²) in [7, 11) is 0. The molecule has 6 nitrogen and oxygen atoms in total. The van der Waals surface area contributed by atoms with Gasteiger partial charge >= 0.3 is 0 Å². The summed E-state index contributed by atoms with van der Waals surface area (Å²) >= 11 is 5.81. The summed E-state index contributed by atoms with van der Waals surface area (Å²) in [6, 6.07) is 13.7. The van der Waals surface area contributed by atoms with Gasteiger partial charge in [-0.3, -0.25) is 14.9 Å². The number of nitrogens with one attached hydrogen (secondary N) is 2. The molecule has 0 atom stereocenters. The van der Waals surface area contributed by atoms with Gasteiger partial charge in [-0.25, -0.2) is 0 Å². The van der Waals surface area contributed by atoms with Crippen molar-refractivity contribution in [3.63, 3.8) is 0 Å². The van der Waals surface area contributed by atoms with Gasteiger partial charge < -0.3 is 10.6 Å². The van der Waals surface area contributed by atoms with Crippen LogP contribution in [0.1, 0.15) is 18.4 Å². The normalized spacial score (nSPS) is 10.3. The predicted molar refractivity (Wildman–Crippen MR) is 99.0 cm³/mol. The van der Waals surface area contributed by atoms with E-state index >= 15 is 0 Å². The molecule has 2 rings (SSSR count). The Morgan fingerprint density at radius 1 is 1.04 bits per heavy atom. The van der Waals surface area contributed by atoms with Crippen molar-refractivity contribution in [1.29, 1.82) is 0 Å². The number of nitrogens with zero attached hydrogens (tertiary/aromatic N) is 1. The van der Waals surface area contributed by atoms with Crippen LogP contribution in [0.5, 0.6) is 0 Å². The highest BCUT2D eigenvalue weighted by Gasteiger charge is 2.11. The minimum absolute atomic E-state index is 0.0334. The molecule has 0 aliphatic carbocycles. The Hall–Kier alpha value is -2.60. The fourth-order valence-electron chi connectivity index (χ4n) is 2.33. The van der Waals surface area contributed by atoms with E-state index < -0.39 is 4.92 Å². The smallest absolute Gasteiger partial charge is 0.292 e. The van der Waals surface area contributed by atoms with Crippen LogP contribution >= 0.6 is 11.6 Å². The molecule has 0 saturated heterocycles. The lowest BCUT2D eigenvalue weighted by atomic mass is 10.1. The Balaban J connectivity index is 1.63. The number of nitro benzene ring substituents is 1. The Kier molecular flexibility index (Phi) is 7.22. The lowest BCUT2D eigenvalue weighted by Gasteiger charge is -2.08. The maximum Gasteiger partial charge on any atom is 0.292 e. The van der Waals surface area contributed by atoms with E-state index in [4.69, 9.17) is 11.6 Å². The molecule has 2 aromatic rings. The molecule has 2 N–H and O–H groups in total. The molecule has 132 valence electrons. The van der Waals surface area contributed by atoms with Crippen molar-refractivity contribution in [1.82, 2.24) is 5.32 Å². The molecule has 25 heavy (non-hydrogen) atoms. The first-order chi connectivity index (χ1) is 12.1. The summed E-state index contributed by atoms with van der Waals surface area (Å²) in [5.41, 5.74) is 1.50. The molecule has 1 amide bonds. The average Bonchev–Trinajstić information content (AvgIpc) is 2.60. The van der Waals surface area contributed by atoms with Gasteiger partial charge in [-0.2, -0.15) is 0 Å². The van der Waals surface area contributed by atoms with E-state index in [2.05, 4.69) is 10.6 Å². The number of halogens is 1. The first-order valence-corrected chi connectivity index (χ1v) is 8.42. The highest BCUT2D eigenvalue weighted by atomic mass is 35.5. The fourth-order valence-corrected chi connectivity index (χ4v) is 2.46. The van der Waals surface area contributed by atoms with Gasteiger partial charge in [-0.1, -0.05) is 35.9 Å². The first kappa shape index (κ1) is 18.7. The van der Waals surface area contributed by atoms with Crippen molar-refractivity contribution < 1.29 is 9.72 Å². The minimum atomic E-state index is -0.403. The molecule has 7 heteroatoms. The van der Waals surface area contributed by atoms with Crippen LogP contribution in [0.4, 0.5) is 11.4 Å². The van der Waals surface area contributed by atoms with Gasteiger partial charge in [0.15, 0.2) is 0 Å². The van der Waals surface area contributed by atoms with Crippen LogP contribution in [-0.2, 0) is 11.2 Å². The van der Waals surface area contributed by atoms with Crippen LogP contribution in [0, 0.1) is 10.1 Å². The molecule has 0 unspecified atom stereocenters. The molecule has 0 aromatic heterocycles. The Labute approximate surface area is 151 Å². The van der Waals surface area contributed by atoms with Crippen LogP contribution in [0.3, 0.4) is 0 Å². The summed E-state index contributed by atoms with van der Waals surface area (Å²) in [6.07, 6.45) is 1.92. The number of rotatable bonds is 9. The van der Waals surface area contributed by atoms with Crippen LogP contribution in [0.15, 0.2) is 48.5 Å². The number of carbonyl (C=O) groups is 1. The van der Waals surface area contributed by atoms with Crippen LogP contribution < -0.4 is 10.6 Å². The SMILES string of the molecule is O=C(Cc1ccc(Cl)cc1)NCCCCNc1ccccc1[N+](=O)[O-]. The number of anilines is 1. The molecular weight excluding hydrogens is 342 g/mol. The molecule has 0 radical (unpaired) electrons. The lowest BCUT2D eigenvalue weighted by Crippen LogP contribution is -2.26. The zero-order chi connectivity index (χ0) is 18.1. The van der Waals surface area contributed by atoms with E-state index in [1.807, 2.05) is 12.1 Å². The van der Waals surface area contributed by atoms with Gasteiger partial charge in [-0.05, 0) is 36.6 Å².